The quantitative estimate of drug-likeness (QED) is 0.741. The Labute approximate surface area is 122 Å². The number of carbonyl (C=O) groups excluding carboxylic acids is 2. The van der Waals surface area contributed by atoms with E-state index in [9.17, 15) is 9.59 Å². The molecule has 0 saturated carbocycles. The Morgan fingerprint density at radius 1 is 1.33 bits per heavy atom. The van der Waals surface area contributed by atoms with Crippen molar-refractivity contribution in [2.75, 3.05) is 19.6 Å². The third-order valence-electron chi connectivity index (χ3n) is 3.91. The summed E-state index contributed by atoms with van der Waals surface area (Å²) in [5, 5.41) is 4.13. The van der Waals surface area contributed by atoms with Gasteiger partial charge in [-0.05, 0) is 11.6 Å². The summed E-state index contributed by atoms with van der Waals surface area (Å²) in [6, 6.07) is 7.29. The summed E-state index contributed by atoms with van der Waals surface area (Å²) in [6.45, 7) is 1.62. The third-order valence-corrected chi connectivity index (χ3v) is 3.91. The maximum Gasteiger partial charge on any atom is 0.241 e. The molecule has 1 fully saturated rings. The molecule has 1 aromatic heterocycles. The first kappa shape index (κ1) is 13.6. The number of nitrogens with zero attached hydrogens (tertiary/aromatic N) is 1. The Morgan fingerprint density at radius 3 is 2.95 bits per heavy atom. The fraction of sp³-hybridized carbons (Fsp3) is 0.333. The number of fused-ring (bicyclic) bond motifs is 1. The van der Waals surface area contributed by atoms with Crippen molar-refractivity contribution in [3.05, 3.63) is 36.0 Å². The molecule has 1 unspecified atom stereocenters. The van der Waals surface area contributed by atoms with Crippen LogP contribution in [-0.4, -0.2) is 47.4 Å². The molecule has 2 heterocycles. The Hall–Kier alpha value is -2.34. The predicted octanol–water partition coefficient (Wildman–Crippen LogP) is -0.00390. The zero-order valence-electron chi connectivity index (χ0n) is 11.6. The number of aromatic nitrogens is 1. The van der Waals surface area contributed by atoms with Crippen LogP contribution >= 0.6 is 0 Å². The van der Waals surface area contributed by atoms with Gasteiger partial charge in [0, 0.05) is 36.7 Å². The minimum atomic E-state index is -0.559. The minimum Gasteiger partial charge on any atom is -0.368 e. The lowest BCUT2D eigenvalue weighted by Gasteiger charge is -2.34. The monoisotopic (exact) mass is 286 g/mol. The van der Waals surface area contributed by atoms with Gasteiger partial charge in [0.2, 0.25) is 11.8 Å². The minimum absolute atomic E-state index is 0.0648. The molecule has 1 aliphatic heterocycles. The highest BCUT2D eigenvalue weighted by atomic mass is 16.2. The summed E-state index contributed by atoms with van der Waals surface area (Å²) in [5.41, 5.74) is 7.33. The van der Waals surface area contributed by atoms with E-state index in [0.29, 0.717) is 19.6 Å². The van der Waals surface area contributed by atoms with Crippen molar-refractivity contribution in [1.29, 1.82) is 0 Å². The molecule has 2 aromatic rings. The molecule has 110 valence electrons. The molecular formula is C15H18N4O2. The molecule has 0 bridgehead atoms. The Balaban J connectivity index is 1.80. The van der Waals surface area contributed by atoms with Gasteiger partial charge in [-0.3, -0.25) is 9.59 Å². The van der Waals surface area contributed by atoms with Crippen LogP contribution in [0, 0.1) is 0 Å². The number of rotatable bonds is 3. The molecule has 1 saturated heterocycles. The average Bonchev–Trinajstić information content (AvgIpc) is 2.90. The summed E-state index contributed by atoms with van der Waals surface area (Å²) >= 11 is 0. The lowest BCUT2D eigenvalue weighted by Crippen LogP contribution is -2.59. The number of benzene rings is 1. The largest absolute Gasteiger partial charge is 0.368 e. The molecule has 6 heteroatoms. The van der Waals surface area contributed by atoms with Gasteiger partial charge < -0.3 is 20.9 Å². The van der Waals surface area contributed by atoms with Crippen molar-refractivity contribution in [2.24, 2.45) is 5.73 Å². The lowest BCUT2D eigenvalue weighted by molar-refractivity contribution is -0.139. The van der Waals surface area contributed by atoms with Gasteiger partial charge in [0.1, 0.15) is 6.04 Å². The van der Waals surface area contributed by atoms with Gasteiger partial charge >= 0.3 is 0 Å². The second-order valence-electron chi connectivity index (χ2n) is 5.25. The number of nitrogens with two attached hydrogens (primary N) is 1. The number of hydrogen-bond donors (Lipinski definition) is 3. The van der Waals surface area contributed by atoms with Crippen molar-refractivity contribution >= 4 is 22.7 Å². The SMILES string of the molecule is NC(=O)C1CNCCN1C(=O)Cc1c[nH]c2ccccc12. The Kier molecular flexibility index (Phi) is 3.62. The number of H-pyrrole nitrogens is 1. The van der Waals surface area contributed by atoms with Crippen LogP contribution in [0.3, 0.4) is 0 Å². The molecule has 0 radical (unpaired) electrons. The predicted molar refractivity (Wildman–Crippen MR) is 79.6 cm³/mol. The molecule has 6 nitrogen and oxygen atoms in total. The van der Waals surface area contributed by atoms with Crippen LogP contribution in [0.4, 0.5) is 0 Å². The summed E-state index contributed by atoms with van der Waals surface area (Å²) in [6.07, 6.45) is 2.12. The molecule has 0 aliphatic carbocycles. The van der Waals surface area contributed by atoms with Crippen LogP contribution < -0.4 is 11.1 Å². The highest BCUT2D eigenvalue weighted by molar-refractivity contribution is 5.91. The number of para-hydroxylation sites is 1. The van der Waals surface area contributed by atoms with E-state index in [-0.39, 0.29) is 12.3 Å². The van der Waals surface area contributed by atoms with Gasteiger partial charge in [0.15, 0.2) is 0 Å². The standard InChI is InChI=1S/C15H18N4O2/c16-15(21)13-9-17-5-6-19(13)14(20)7-10-8-18-12-4-2-1-3-11(10)12/h1-4,8,13,17-18H,5-7,9H2,(H2,16,21). The van der Waals surface area contributed by atoms with Crippen molar-refractivity contribution in [1.82, 2.24) is 15.2 Å². The zero-order valence-corrected chi connectivity index (χ0v) is 11.6. The third kappa shape index (κ3) is 2.62. The van der Waals surface area contributed by atoms with E-state index in [1.807, 2.05) is 30.5 Å². The van der Waals surface area contributed by atoms with Crippen molar-refractivity contribution in [3.63, 3.8) is 0 Å². The average molecular weight is 286 g/mol. The second kappa shape index (κ2) is 5.57. The normalized spacial score (nSPS) is 18.9. The highest BCUT2D eigenvalue weighted by Crippen LogP contribution is 2.19. The van der Waals surface area contributed by atoms with Gasteiger partial charge in [-0.15, -0.1) is 0 Å². The van der Waals surface area contributed by atoms with Crippen molar-refractivity contribution in [3.8, 4) is 0 Å². The molecule has 4 N–H and O–H groups in total. The molecule has 1 atom stereocenters. The van der Waals surface area contributed by atoms with Crippen LogP contribution in [0.25, 0.3) is 10.9 Å². The van der Waals surface area contributed by atoms with Gasteiger partial charge in [-0.1, -0.05) is 18.2 Å². The molecule has 0 spiro atoms. The number of amides is 2. The second-order valence-corrected chi connectivity index (χ2v) is 5.25. The molecule has 1 aliphatic rings. The lowest BCUT2D eigenvalue weighted by atomic mass is 10.1. The maximum absolute atomic E-state index is 12.5. The molecular weight excluding hydrogens is 268 g/mol. The fourth-order valence-corrected chi connectivity index (χ4v) is 2.80. The fourth-order valence-electron chi connectivity index (χ4n) is 2.80. The summed E-state index contributed by atoms with van der Waals surface area (Å²) < 4.78 is 0. The van der Waals surface area contributed by atoms with E-state index in [2.05, 4.69) is 10.3 Å². The van der Waals surface area contributed by atoms with E-state index in [4.69, 9.17) is 5.73 Å². The van der Waals surface area contributed by atoms with E-state index in [0.717, 1.165) is 16.5 Å². The smallest absolute Gasteiger partial charge is 0.241 e. The van der Waals surface area contributed by atoms with Gasteiger partial charge in [0.25, 0.3) is 0 Å². The van der Waals surface area contributed by atoms with Gasteiger partial charge in [0.05, 0.1) is 6.42 Å². The molecule has 2 amide bonds. The first-order valence-corrected chi connectivity index (χ1v) is 7.01. The Bertz CT molecular complexity index is 679. The van der Waals surface area contributed by atoms with E-state index in [1.165, 1.54) is 0 Å². The molecule has 1 aromatic carbocycles. The van der Waals surface area contributed by atoms with Crippen LogP contribution in [0.2, 0.25) is 0 Å². The number of carbonyl (C=O) groups is 2. The zero-order chi connectivity index (χ0) is 14.8. The van der Waals surface area contributed by atoms with Crippen LogP contribution in [0.5, 0.6) is 0 Å². The highest BCUT2D eigenvalue weighted by Gasteiger charge is 2.30. The summed E-state index contributed by atoms with van der Waals surface area (Å²) in [7, 11) is 0. The summed E-state index contributed by atoms with van der Waals surface area (Å²) in [5.74, 6) is -0.528. The van der Waals surface area contributed by atoms with E-state index < -0.39 is 11.9 Å². The van der Waals surface area contributed by atoms with Crippen LogP contribution in [0.1, 0.15) is 5.56 Å². The van der Waals surface area contributed by atoms with Gasteiger partial charge in [-0.25, -0.2) is 0 Å². The number of piperazine rings is 1. The number of nitrogens with one attached hydrogen (secondary N) is 2. The number of aromatic amines is 1. The first-order valence-electron chi connectivity index (χ1n) is 7.01. The van der Waals surface area contributed by atoms with Gasteiger partial charge in [-0.2, -0.15) is 0 Å². The maximum atomic E-state index is 12.5. The first-order chi connectivity index (χ1) is 10.2. The Morgan fingerprint density at radius 2 is 2.14 bits per heavy atom. The topological polar surface area (TPSA) is 91.2 Å². The van der Waals surface area contributed by atoms with E-state index >= 15 is 0 Å². The number of primary amides is 1. The van der Waals surface area contributed by atoms with E-state index in [1.54, 1.807) is 4.90 Å². The van der Waals surface area contributed by atoms with Crippen LogP contribution in [-0.2, 0) is 16.0 Å². The molecule has 21 heavy (non-hydrogen) atoms. The van der Waals surface area contributed by atoms with Crippen molar-refractivity contribution < 1.29 is 9.59 Å². The van der Waals surface area contributed by atoms with Crippen molar-refractivity contribution in [2.45, 2.75) is 12.5 Å². The molecule has 3 rings (SSSR count). The number of hydrogen-bond acceptors (Lipinski definition) is 3. The van der Waals surface area contributed by atoms with Crippen LogP contribution in [0.15, 0.2) is 30.5 Å². The summed E-state index contributed by atoms with van der Waals surface area (Å²) in [4.78, 5) is 28.7.